The van der Waals surface area contributed by atoms with Crippen LogP contribution in [-0.4, -0.2) is 53.2 Å². The second-order valence-electron chi connectivity index (χ2n) is 4.94. The van der Waals surface area contributed by atoms with Gasteiger partial charge in [-0.3, -0.25) is 4.79 Å². The summed E-state index contributed by atoms with van der Waals surface area (Å²) in [5, 5.41) is 10.6. The molecule has 1 amide bonds. The second kappa shape index (κ2) is 7.68. The number of carbonyl (C=O) groups excluding carboxylic acids is 2. The zero-order valence-electron chi connectivity index (χ0n) is 13.4. The maximum atomic E-state index is 12.1. The lowest BCUT2D eigenvalue weighted by Gasteiger charge is -2.13. The molecule has 2 rings (SSSR count). The number of amides is 1. The molecule has 0 bridgehead atoms. The van der Waals surface area contributed by atoms with Crippen LogP contribution < -0.4 is 5.32 Å². The fourth-order valence-electron chi connectivity index (χ4n) is 2.03. The minimum absolute atomic E-state index is 0.331. The Morgan fingerprint density at radius 3 is 2.87 bits per heavy atom. The molecule has 8 heteroatoms. The van der Waals surface area contributed by atoms with E-state index in [0.717, 1.165) is 5.52 Å². The lowest BCUT2D eigenvalue weighted by Crippen LogP contribution is -2.37. The average Bonchev–Trinajstić information content (AvgIpc) is 2.96. The van der Waals surface area contributed by atoms with Crippen molar-refractivity contribution < 1.29 is 19.1 Å². The molecule has 1 atom stereocenters. The molecule has 0 unspecified atom stereocenters. The number of methoxy groups -OCH3 is 1. The minimum Gasteiger partial charge on any atom is -0.449 e. The summed E-state index contributed by atoms with van der Waals surface area (Å²) in [4.78, 5) is 23.9. The molecule has 0 spiro atoms. The molecule has 0 aliphatic heterocycles. The smallest absolute Gasteiger partial charge is 0.338 e. The van der Waals surface area contributed by atoms with E-state index in [1.165, 1.54) is 6.92 Å². The monoisotopic (exact) mass is 320 g/mol. The Morgan fingerprint density at radius 2 is 2.17 bits per heavy atom. The molecular weight excluding hydrogens is 300 g/mol. The van der Waals surface area contributed by atoms with Crippen LogP contribution in [0.25, 0.3) is 11.0 Å². The first-order valence-corrected chi connectivity index (χ1v) is 7.37. The van der Waals surface area contributed by atoms with Gasteiger partial charge in [-0.1, -0.05) is 5.21 Å². The van der Waals surface area contributed by atoms with Crippen LogP contribution in [0.4, 0.5) is 0 Å². The fraction of sp³-hybridized carbons (Fsp3) is 0.467. The first kappa shape index (κ1) is 16.9. The van der Waals surface area contributed by atoms with Gasteiger partial charge < -0.3 is 14.8 Å². The van der Waals surface area contributed by atoms with Gasteiger partial charge in [-0.25, -0.2) is 9.48 Å². The van der Waals surface area contributed by atoms with E-state index in [4.69, 9.17) is 9.47 Å². The number of fused-ring (bicyclic) bond motifs is 1. The third-order valence-corrected chi connectivity index (χ3v) is 3.31. The average molecular weight is 320 g/mol. The van der Waals surface area contributed by atoms with Crippen LogP contribution in [0.3, 0.4) is 0 Å². The van der Waals surface area contributed by atoms with E-state index >= 15 is 0 Å². The van der Waals surface area contributed by atoms with Crippen LogP contribution in [0.1, 0.15) is 24.2 Å². The second-order valence-corrected chi connectivity index (χ2v) is 4.94. The Bertz CT molecular complexity index is 698. The molecule has 0 aliphatic rings. The van der Waals surface area contributed by atoms with Crippen molar-refractivity contribution in [2.24, 2.45) is 0 Å². The van der Waals surface area contributed by atoms with Gasteiger partial charge in [0.1, 0.15) is 5.52 Å². The lowest BCUT2D eigenvalue weighted by molar-refractivity contribution is -0.129. The highest BCUT2D eigenvalue weighted by Crippen LogP contribution is 2.14. The van der Waals surface area contributed by atoms with Gasteiger partial charge in [-0.15, -0.1) is 5.10 Å². The molecule has 0 saturated carbocycles. The van der Waals surface area contributed by atoms with Crippen molar-refractivity contribution in [3.63, 3.8) is 0 Å². The van der Waals surface area contributed by atoms with Gasteiger partial charge in [0.05, 0.1) is 17.7 Å². The molecule has 1 heterocycles. The van der Waals surface area contributed by atoms with Gasteiger partial charge >= 0.3 is 5.97 Å². The van der Waals surface area contributed by atoms with Gasteiger partial charge in [0.25, 0.3) is 5.91 Å². The molecule has 8 nitrogen and oxygen atoms in total. The fourth-order valence-corrected chi connectivity index (χ4v) is 2.03. The van der Waals surface area contributed by atoms with E-state index in [0.29, 0.717) is 30.8 Å². The number of esters is 1. The summed E-state index contributed by atoms with van der Waals surface area (Å²) in [6.45, 7) is 4.94. The lowest BCUT2D eigenvalue weighted by atomic mass is 10.2. The van der Waals surface area contributed by atoms with Crippen LogP contribution in [0.5, 0.6) is 0 Å². The van der Waals surface area contributed by atoms with E-state index in [9.17, 15) is 9.59 Å². The minimum atomic E-state index is -0.888. The largest absolute Gasteiger partial charge is 0.449 e. The highest BCUT2D eigenvalue weighted by molar-refractivity contribution is 5.95. The van der Waals surface area contributed by atoms with E-state index in [1.807, 2.05) is 6.92 Å². The Morgan fingerprint density at radius 1 is 1.39 bits per heavy atom. The van der Waals surface area contributed by atoms with Crippen LogP contribution in [0.2, 0.25) is 0 Å². The number of ether oxygens (including phenoxy) is 2. The van der Waals surface area contributed by atoms with Crippen molar-refractivity contribution in [2.75, 3.05) is 20.3 Å². The molecule has 1 aromatic carbocycles. The normalized spacial score (nSPS) is 12.1. The van der Waals surface area contributed by atoms with Crippen molar-refractivity contribution in [3.05, 3.63) is 23.8 Å². The van der Waals surface area contributed by atoms with Gasteiger partial charge in [0.2, 0.25) is 0 Å². The standard InChI is InChI=1S/C15H20N4O4/c1-4-19-13-6-5-11(9-12(13)17-18-19)15(21)23-10(2)14(20)16-7-8-22-3/h5-6,9-10H,4,7-8H2,1-3H3,(H,16,20)/t10-/m1/s1. The first-order chi connectivity index (χ1) is 11.1. The molecule has 0 saturated heterocycles. The van der Waals surface area contributed by atoms with Crippen LogP contribution in [-0.2, 0) is 20.8 Å². The van der Waals surface area contributed by atoms with Crippen LogP contribution in [0, 0.1) is 0 Å². The number of nitrogens with zero attached hydrogens (tertiary/aromatic N) is 3. The molecule has 2 aromatic rings. The number of carbonyl (C=O) groups is 2. The maximum absolute atomic E-state index is 12.1. The summed E-state index contributed by atoms with van der Waals surface area (Å²) in [5.74, 6) is -0.944. The molecule has 0 radical (unpaired) electrons. The first-order valence-electron chi connectivity index (χ1n) is 7.37. The predicted molar refractivity (Wildman–Crippen MR) is 83.0 cm³/mol. The molecule has 0 aliphatic carbocycles. The Hall–Kier alpha value is -2.48. The zero-order chi connectivity index (χ0) is 16.8. The van der Waals surface area contributed by atoms with E-state index < -0.39 is 12.1 Å². The topological polar surface area (TPSA) is 95.3 Å². The third kappa shape index (κ3) is 4.04. The van der Waals surface area contributed by atoms with Crippen molar-refractivity contribution in [1.82, 2.24) is 20.3 Å². The summed E-state index contributed by atoms with van der Waals surface area (Å²) in [6.07, 6.45) is -0.888. The quantitative estimate of drug-likeness (QED) is 0.598. The molecule has 23 heavy (non-hydrogen) atoms. The molecular formula is C15H20N4O4. The van der Waals surface area contributed by atoms with Gasteiger partial charge in [0, 0.05) is 20.2 Å². The highest BCUT2D eigenvalue weighted by atomic mass is 16.5. The molecule has 0 fully saturated rings. The predicted octanol–water partition coefficient (Wildman–Crippen LogP) is 0.759. The maximum Gasteiger partial charge on any atom is 0.338 e. The van der Waals surface area contributed by atoms with Crippen molar-refractivity contribution in [1.29, 1.82) is 0 Å². The number of hydrogen-bond donors (Lipinski definition) is 1. The summed E-state index contributed by atoms with van der Waals surface area (Å²) >= 11 is 0. The third-order valence-electron chi connectivity index (χ3n) is 3.31. The van der Waals surface area contributed by atoms with Crippen molar-refractivity contribution in [2.45, 2.75) is 26.5 Å². The highest BCUT2D eigenvalue weighted by Gasteiger charge is 2.19. The Labute approximate surface area is 133 Å². The van der Waals surface area contributed by atoms with E-state index in [2.05, 4.69) is 15.6 Å². The SMILES string of the molecule is CCn1nnc2cc(C(=O)O[C@H](C)C(=O)NCCOC)ccc21. The van der Waals surface area contributed by atoms with Gasteiger partial charge in [-0.05, 0) is 32.0 Å². The Kier molecular flexibility index (Phi) is 5.64. The van der Waals surface area contributed by atoms with Crippen LogP contribution >= 0.6 is 0 Å². The van der Waals surface area contributed by atoms with Gasteiger partial charge in [-0.2, -0.15) is 0 Å². The Balaban J connectivity index is 2.01. The summed E-state index contributed by atoms with van der Waals surface area (Å²) < 4.78 is 11.7. The van der Waals surface area contributed by atoms with E-state index in [1.54, 1.807) is 30.0 Å². The number of nitrogens with one attached hydrogen (secondary N) is 1. The zero-order valence-corrected chi connectivity index (χ0v) is 13.4. The summed E-state index contributed by atoms with van der Waals surface area (Å²) in [6, 6.07) is 5.00. The summed E-state index contributed by atoms with van der Waals surface area (Å²) in [7, 11) is 1.54. The van der Waals surface area contributed by atoms with Crippen molar-refractivity contribution >= 4 is 22.9 Å². The van der Waals surface area contributed by atoms with Crippen LogP contribution in [0.15, 0.2) is 18.2 Å². The van der Waals surface area contributed by atoms with Gasteiger partial charge in [0.15, 0.2) is 6.10 Å². The number of rotatable bonds is 7. The number of benzene rings is 1. The van der Waals surface area contributed by atoms with Crippen molar-refractivity contribution in [3.8, 4) is 0 Å². The molecule has 124 valence electrons. The molecule has 1 N–H and O–H groups in total. The number of aryl methyl sites for hydroxylation is 1. The molecule has 1 aromatic heterocycles. The number of hydrogen-bond acceptors (Lipinski definition) is 6. The number of aromatic nitrogens is 3. The van der Waals surface area contributed by atoms with E-state index in [-0.39, 0.29) is 5.91 Å². The summed E-state index contributed by atoms with van der Waals surface area (Å²) in [5.41, 5.74) is 1.78.